The number of hydrogen-bond acceptors (Lipinski definition) is 3. The standard InChI is InChI=1S/C11H14N2O3/c1-13(6-5-10(14)15)11(16)8-3-2-4-9(12)7-8/h2-4,7H,5-6,12H2,1H3,(H,14,15). The van der Waals surface area contributed by atoms with Crippen LogP contribution in [0.15, 0.2) is 24.3 Å². The fourth-order valence-corrected chi connectivity index (χ4v) is 1.26. The van der Waals surface area contributed by atoms with E-state index in [-0.39, 0.29) is 18.9 Å². The molecule has 16 heavy (non-hydrogen) atoms. The lowest BCUT2D eigenvalue weighted by Crippen LogP contribution is -2.29. The van der Waals surface area contributed by atoms with Crippen molar-refractivity contribution in [1.29, 1.82) is 0 Å². The lowest BCUT2D eigenvalue weighted by atomic mass is 10.2. The van der Waals surface area contributed by atoms with Gasteiger partial charge in [0.25, 0.3) is 5.91 Å². The summed E-state index contributed by atoms with van der Waals surface area (Å²) in [6.45, 7) is 0.183. The second-order valence-electron chi connectivity index (χ2n) is 3.50. The molecule has 86 valence electrons. The Morgan fingerprint density at radius 3 is 2.69 bits per heavy atom. The number of nitrogen functional groups attached to an aromatic ring is 1. The molecule has 0 aliphatic heterocycles. The average molecular weight is 222 g/mol. The number of nitrogens with two attached hydrogens (primary N) is 1. The topological polar surface area (TPSA) is 83.6 Å². The van der Waals surface area contributed by atoms with Crippen LogP contribution in [0.3, 0.4) is 0 Å². The Bertz CT molecular complexity index is 404. The summed E-state index contributed by atoms with van der Waals surface area (Å²) in [6, 6.07) is 6.59. The summed E-state index contributed by atoms with van der Waals surface area (Å²) in [5, 5.41) is 8.50. The number of amides is 1. The highest BCUT2D eigenvalue weighted by Gasteiger charge is 2.12. The Balaban J connectivity index is 2.67. The van der Waals surface area contributed by atoms with Gasteiger partial charge >= 0.3 is 5.97 Å². The Morgan fingerprint density at radius 1 is 1.44 bits per heavy atom. The number of carboxylic acid groups (broad SMARTS) is 1. The van der Waals surface area contributed by atoms with E-state index in [9.17, 15) is 9.59 Å². The second kappa shape index (κ2) is 5.16. The van der Waals surface area contributed by atoms with Gasteiger partial charge in [0.1, 0.15) is 0 Å². The van der Waals surface area contributed by atoms with E-state index < -0.39 is 5.97 Å². The lowest BCUT2D eigenvalue weighted by Gasteiger charge is -2.16. The Morgan fingerprint density at radius 2 is 2.12 bits per heavy atom. The van der Waals surface area contributed by atoms with Crippen molar-refractivity contribution >= 4 is 17.6 Å². The zero-order valence-corrected chi connectivity index (χ0v) is 9.01. The van der Waals surface area contributed by atoms with Crippen molar-refractivity contribution in [1.82, 2.24) is 4.90 Å². The molecule has 0 heterocycles. The molecule has 5 heteroatoms. The molecule has 1 rings (SSSR count). The maximum Gasteiger partial charge on any atom is 0.305 e. The van der Waals surface area contributed by atoms with Gasteiger partial charge in [0.05, 0.1) is 6.42 Å². The number of rotatable bonds is 4. The minimum absolute atomic E-state index is 0.0649. The van der Waals surface area contributed by atoms with E-state index in [4.69, 9.17) is 10.8 Å². The Hall–Kier alpha value is -2.04. The third kappa shape index (κ3) is 3.27. The van der Waals surface area contributed by atoms with Gasteiger partial charge in [-0.1, -0.05) is 6.07 Å². The summed E-state index contributed by atoms with van der Waals surface area (Å²) in [5.74, 6) is -1.15. The molecule has 0 bridgehead atoms. The summed E-state index contributed by atoms with van der Waals surface area (Å²) >= 11 is 0. The number of carbonyl (C=O) groups excluding carboxylic acids is 1. The largest absolute Gasteiger partial charge is 0.481 e. The van der Waals surface area contributed by atoms with Gasteiger partial charge in [0, 0.05) is 24.8 Å². The number of nitrogens with zero attached hydrogens (tertiary/aromatic N) is 1. The number of benzene rings is 1. The van der Waals surface area contributed by atoms with E-state index in [1.165, 1.54) is 4.90 Å². The molecule has 0 aromatic heterocycles. The summed E-state index contributed by atoms with van der Waals surface area (Å²) in [4.78, 5) is 23.5. The first-order valence-corrected chi connectivity index (χ1v) is 4.83. The van der Waals surface area contributed by atoms with E-state index in [0.29, 0.717) is 11.3 Å². The highest BCUT2D eigenvalue weighted by molar-refractivity contribution is 5.95. The minimum Gasteiger partial charge on any atom is -0.481 e. The number of anilines is 1. The number of carbonyl (C=O) groups is 2. The van der Waals surface area contributed by atoms with Gasteiger partial charge in [-0.05, 0) is 18.2 Å². The maximum absolute atomic E-state index is 11.8. The molecule has 0 atom stereocenters. The molecule has 0 spiro atoms. The SMILES string of the molecule is CN(CCC(=O)O)C(=O)c1cccc(N)c1. The van der Waals surface area contributed by atoms with E-state index in [1.54, 1.807) is 31.3 Å². The minimum atomic E-state index is -0.924. The first-order chi connectivity index (χ1) is 7.50. The number of aliphatic carboxylic acids is 1. The normalized spacial score (nSPS) is 9.81. The van der Waals surface area contributed by atoms with Gasteiger partial charge < -0.3 is 15.7 Å². The van der Waals surface area contributed by atoms with Crippen LogP contribution in [0.1, 0.15) is 16.8 Å². The third-order valence-electron chi connectivity index (χ3n) is 2.14. The molecule has 0 fully saturated rings. The van der Waals surface area contributed by atoms with Crippen LogP contribution in [0.25, 0.3) is 0 Å². The highest BCUT2D eigenvalue weighted by Crippen LogP contribution is 2.09. The van der Waals surface area contributed by atoms with Crippen LogP contribution in [0, 0.1) is 0 Å². The molecule has 0 radical (unpaired) electrons. The van der Waals surface area contributed by atoms with Gasteiger partial charge in [0.2, 0.25) is 0 Å². The molecule has 1 amide bonds. The van der Waals surface area contributed by atoms with Gasteiger partial charge in [-0.25, -0.2) is 0 Å². The van der Waals surface area contributed by atoms with Crippen molar-refractivity contribution in [3.63, 3.8) is 0 Å². The van der Waals surface area contributed by atoms with Gasteiger partial charge in [-0.15, -0.1) is 0 Å². The summed E-state index contributed by atoms with van der Waals surface area (Å²) < 4.78 is 0. The van der Waals surface area contributed by atoms with Crippen LogP contribution in [0.5, 0.6) is 0 Å². The van der Waals surface area contributed by atoms with Crippen LogP contribution in [0.4, 0.5) is 5.69 Å². The van der Waals surface area contributed by atoms with Crippen molar-refractivity contribution in [3.8, 4) is 0 Å². The molecule has 1 aromatic rings. The fraction of sp³-hybridized carbons (Fsp3) is 0.273. The third-order valence-corrected chi connectivity index (χ3v) is 2.14. The van der Waals surface area contributed by atoms with Crippen LogP contribution in [-0.2, 0) is 4.79 Å². The predicted molar refractivity (Wildman–Crippen MR) is 60.1 cm³/mol. The van der Waals surface area contributed by atoms with Crippen LogP contribution >= 0.6 is 0 Å². The highest BCUT2D eigenvalue weighted by atomic mass is 16.4. The van der Waals surface area contributed by atoms with Gasteiger partial charge in [-0.3, -0.25) is 9.59 Å². The first kappa shape index (κ1) is 12.0. The van der Waals surface area contributed by atoms with E-state index >= 15 is 0 Å². The van der Waals surface area contributed by atoms with Crippen LogP contribution in [-0.4, -0.2) is 35.5 Å². The summed E-state index contributed by atoms with van der Waals surface area (Å²) in [6.07, 6.45) is -0.0649. The molecule has 1 aromatic carbocycles. The molecular formula is C11H14N2O3. The van der Waals surface area contributed by atoms with E-state index in [1.807, 2.05) is 0 Å². The molecular weight excluding hydrogens is 208 g/mol. The average Bonchev–Trinajstić information content (AvgIpc) is 2.24. The van der Waals surface area contributed by atoms with Crippen molar-refractivity contribution in [2.75, 3.05) is 19.3 Å². The van der Waals surface area contributed by atoms with Crippen molar-refractivity contribution in [3.05, 3.63) is 29.8 Å². The van der Waals surface area contributed by atoms with Gasteiger partial charge in [0.15, 0.2) is 0 Å². The van der Waals surface area contributed by atoms with E-state index in [0.717, 1.165) is 0 Å². The molecule has 5 nitrogen and oxygen atoms in total. The fourth-order valence-electron chi connectivity index (χ4n) is 1.26. The summed E-state index contributed by atoms with van der Waals surface area (Å²) in [7, 11) is 1.56. The van der Waals surface area contributed by atoms with E-state index in [2.05, 4.69) is 0 Å². The molecule has 0 saturated heterocycles. The predicted octanol–water partition coefficient (Wildman–Crippen LogP) is 0.815. The smallest absolute Gasteiger partial charge is 0.305 e. The molecule has 0 aliphatic carbocycles. The Labute approximate surface area is 93.5 Å². The van der Waals surface area contributed by atoms with Crippen LogP contribution < -0.4 is 5.73 Å². The Kier molecular flexibility index (Phi) is 3.88. The zero-order valence-electron chi connectivity index (χ0n) is 9.01. The van der Waals surface area contributed by atoms with Crippen molar-refractivity contribution in [2.45, 2.75) is 6.42 Å². The number of hydrogen-bond donors (Lipinski definition) is 2. The monoisotopic (exact) mass is 222 g/mol. The zero-order chi connectivity index (χ0) is 12.1. The number of carboxylic acids is 1. The first-order valence-electron chi connectivity index (χ1n) is 4.83. The van der Waals surface area contributed by atoms with Crippen LogP contribution in [0.2, 0.25) is 0 Å². The van der Waals surface area contributed by atoms with Crippen molar-refractivity contribution < 1.29 is 14.7 Å². The molecule has 3 N–H and O–H groups in total. The van der Waals surface area contributed by atoms with Gasteiger partial charge in [-0.2, -0.15) is 0 Å². The lowest BCUT2D eigenvalue weighted by molar-refractivity contribution is -0.137. The second-order valence-corrected chi connectivity index (χ2v) is 3.50. The van der Waals surface area contributed by atoms with Crippen molar-refractivity contribution in [2.24, 2.45) is 0 Å². The summed E-state index contributed by atoms with van der Waals surface area (Å²) in [5.41, 5.74) is 6.53. The maximum atomic E-state index is 11.8. The molecule has 0 saturated carbocycles. The quantitative estimate of drug-likeness (QED) is 0.738. The molecule has 0 aliphatic rings. The molecule has 0 unspecified atom stereocenters.